The lowest BCUT2D eigenvalue weighted by Gasteiger charge is -2.41. The van der Waals surface area contributed by atoms with Crippen molar-refractivity contribution in [2.75, 3.05) is 5.32 Å². The Morgan fingerprint density at radius 1 is 1.06 bits per heavy atom. The van der Waals surface area contributed by atoms with E-state index in [4.69, 9.17) is 9.15 Å². The zero-order valence-corrected chi connectivity index (χ0v) is 18.4. The summed E-state index contributed by atoms with van der Waals surface area (Å²) < 4.78 is 12.6. The largest absolute Gasteiger partial charge is 0.487 e. The Hall–Kier alpha value is -3.28. The lowest BCUT2D eigenvalue weighted by molar-refractivity contribution is 0.0109. The standard InChI is InChI=1S/C26H29N3O3/c1-2-18-16-24(28-29-25(30)27-20-9-5-3-6-10-20)31-23-17-22-19(15-21(18)23)11-14-26(32-22)12-7-4-8-13-26/h3,5-6,9-10,15-17H,2,4,7-8,11-14H2,1H3,(H2,27,29,30). The van der Waals surface area contributed by atoms with Gasteiger partial charge in [0.25, 0.3) is 0 Å². The van der Waals surface area contributed by atoms with E-state index >= 15 is 0 Å². The van der Waals surface area contributed by atoms with Crippen molar-refractivity contribution in [3.8, 4) is 5.75 Å². The van der Waals surface area contributed by atoms with Crippen LogP contribution in [0.25, 0.3) is 11.0 Å². The van der Waals surface area contributed by atoms with Crippen LogP contribution >= 0.6 is 0 Å². The molecule has 1 fully saturated rings. The topological polar surface area (TPSA) is 75.9 Å². The van der Waals surface area contributed by atoms with Crippen molar-refractivity contribution in [1.29, 1.82) is 0 Å². The van der Waals surface area contributed by atoms with Gasteiger partial charge in [0.15, 0.2) is 0 Å². The van der Waals surface area contributed by atoms with Crippen molar-refractivity contribution in [3.63, 3.8) is 0 Å². The first-order chi connectivity index (χ1) is 15.6. The number of benzene rings is 2. The lowest BCUT2D eigenvalue weighted by atomic mass is 9.79. The highest BCUT2D eigenvalue weighted by Crippen LogP contribution is 2.43. The van der Waals surface area contributed by atoms with Gasteiger partial charge in [-0.05, 0) is 74.3 Å². The first-order valence-electron chi connectivity index (χ1n) is 11.6. The van der Waals surface area contributed by atoms with E-state index in [1.807, 2.05) is 42.5 Å². The highest BCUT2D eigenvalue weighted by atomic mass is 16.5. The highest BCUT2D eigenvalue weighted by Gasteiger charge is 2.37. The molecule has 6 heteroatoms. The summed E-state index contributed by atoms with van der Waals surface area (Å²) in [7, 11) is 0. The Morgan fingerprint density at radius 3 is 2.66 bits per heavy atom. The second kappa shape index (κ2) is 8.69. The summed E-state index contributed by atoms with van der Waals surface area (Å²) in [5, 5.41) is 8.02. The predicted molar refractivity (Wildman–Crippen MR) is 125 cm³/mol. The number of amides is 2. The molecule has 166 valence electrons. The van der Waals surface area contributed by atoms with Gasteiger partial charge in [-0.1, -0.05) is 31.5 Å². The summed E-state index contributed by atoms with van der Waals surface area (Å²) in [5.74, 6) is 0.934. The molecular formula is C26H29N3O3. The van der Waals surface area contributed by atoms with Crippen molar-refractivity contribution in [1.82, 2.24) is 5.43 Å². The number of anilines is 1. The summed E-state index contributed by atoms with van der Waals surface area (Å²) >= 11 is 0. The van der Waals surface area contributed by atoms with Crippen LogP contribution in [-0.2, 0) is 12.8 Å². The van der Waals surface area contributed by atoms with Gasteiger partial charge in [0.2, 0.25) is 5.55 Å². The molecule has 2 aromatic carbocycles. The summed E-state index contributed by atoms with van der Waals surface area (Å²) in [6, 6.07) is 14.9. The van der Waals surface area contributed by atoms with Crippen LogP contribution in [-0.4, -0.2) is 11.6 Å². The molecule has 0 bridgehead atoms. The summed E-state index contributed by atoms with van der Waals surface area (Å²) in [5.41, 5.74) is 6.70. The van der Waals surface area contributed by atoms with E-state index in [1.54, 1.807) is 0 Å². The smallest absolute Gasteiger partial charge is 0.339 e. The second-order valence-electron chi connectivity index (χ2n) is 8.81. The number of nitrogens with zero attached hydrogens (tertiary/aromatic N) is 1. The number of hydrogen-bond acceptors (Lipinski definition) is 4. The molecule has 0 atom stereocenters. The third-order valence-electron chi connectivity index (χ3n) is 6.64. The molecule has 32 heavy (non-hydrogen) atoms. The van der Waals surface area contributed by atoms with E-state index in [2.05, 4.69) is 28.8 Å². The van der Waals surface area contributed by atoms with Gasteiger partial charge in [-0.15, -0.1) is 5.10 Å². The van der Waals surface area contributed by atoms with E-state index in [0.717, 1.165) is 54.4 Å². The molecule has 0 radical (unpaired) electrons. The molecule has 0 saturated heterocycles. The maximum absolute atomic E-state index is 12.2. The molecule has 5 rings (SSSR count). The first kappa shape index (κ1) is 20.6. The van der Waals surface area contributed by atoms with E-state index in [9.17, 15) is 4.79 Å². The minimum atomic E-state index is -0.419. The Labute approximate surface area is 187 Å². The zero-order chi connectivity index (χ0) is 22.0. The predicted octanol–water partition coefficient (Wildman–Crippen LogP) is 5.66. The molecule has 1 aromatic heterocycles. The third kappa shape index (κ3) is 4.22. The Morgan fingerprint density at radius 2 is 1.88 bits per heavy atom. The molecule has 1 saturated carbocycles. The number of carbonyl (C=O) groups is 1. The average molecular weight is 432 g/mol. The van der Waals surface area contributed by atoms with E-state index < -0.39 is 6.03 Å². The lowest BCUT2D eigenvalue weighted by Crippen LogP contribution is -2.41. The summed E-state index contributed by atoms with van der Waals surface area (Å²) in [4.78, 5) is 12.2. The molecule has 0 unspecified atom stereocenters. The van der Waals surface area contributed by atoms with Crippen LogP contribution in [0.5, 0.6) is 5.75 Å². The number of nitrogens with one attached hydrogen (secondary N) is 2. The molecule has 1 aliphatic carbocycles. The van der Waals surface area contributed by atoms with Gasteiger partial charge >= 0.3 is 6.03 Å². The van der Waals surface area contributed by atoms with Gasteiger partial charge in [-0.2, -0.15) is 0 Å². The fourth-order valence-electron chi connectivity index (χ4n) is 4.93. The molecule has 1 aliphatic heterocycles. The molecule has 2 aliphatic rings. The zero-order valence-electron chi connectivity index (χ0n) is 18.4. The number of ether oxygens (including phenoxy) is 1. The fourth-order valence-corrected chi connectivity index (χ4v) is 4.93. The molecular weight excluding hydrogens is 402 g/mol. The van der Waals surface area contributed by atoms with Crippen LogP contribution in [0.2, 0.25) is 0 Å². The van der Waals surface area contributed by atoms with Gasteiger partial charge in [-0.3, -0.25) is 0 Å². The van der Waals surface area contributed by atoms with Gasteiger partial charge < -0.3 is 14.5 Å². The Bertz CT molecular complexity index is 1190. The third-order valence-corrected chi connectivity index (χ3v) is 6.64. The second-order valence-corrected chi connectivity index (χ2v) is 8.81. The number of rotatable bonds is 3. The van der Waals surface area contributed by atoms with Gasteiger partial charge in [-0.25, -0.2) is 10.2 Å². The van der Waals surface area contributed by atoms with Crippen LogP contribution < -0.4 is 21.0 Å². The van der Waals surface area contributed by atoms with Crippen LogP contribution in [0.3, 0.4) is 0 Å². The van der Waals surface area contributed by atoms with E-state index in [1.165, 1.54) is 24.8 Å². The summed E-state index contributed by atoms with van der Waals surface area (Å²) in [6.07, 6.45) is 9.05. The van der Waals surface area contributed by atoms with Crippen molar-refractivity contribution in [2.45, 2.75) is 63.9 Å². The molecule has 2 heterocycles. The first-order valence-corrected chi connectivity index (χ1v) is 11.6. The van der Waals surface area contributed by atoms with Crippen LogP contribution in [0.1, 0.15) is 56.6 Å². The van der Waals surface area contributed by atoms with Gasteiger partial charge in [0.05, 0.1) is 0 Å². The van der Waals surface area contributed by atoms with Crippen LogP contribution in [0, 0.1) is 0 Å². The number of aryl methyl sites for hydroxylation is 2. The number of carbonyl (C=O) groups excluding carboxylic acids is 1. The van der Waals surface area contributed by atoms with Crippen molar-refractivity contribution in [3.05, 3.63) is 65.2 Å². The summed E-state index contributed by atoms with van der Waals surface area (Å²) in [6.45, 7) is 2.11. The SMILES string of the molecule is CCc1cc(=NNC(=O)Nc2ccccc2)oc2cc3c(cc12)CCC1(CCCCC1)O3. The average Bonchev–Trinajstić information content (AvgIpc) is 2.82. The number of hydrogen-bond donors (Lipinski definition) is 2. The highest BCUT2D eigenvalue weighted by molar-refractivity contribution is 5.88. The molecule has 6 nitrogen and oxygen atoms in total. The van der Waals surface area contributed by atoms with Gasteiger partial charge in [0.1, 0.15) is 16.9 Å². The van der Waals surface area contributed by atoms with Gasteiger partial charge in [0, 0.05) is 23.2 Å². The van der Waals surface area contributed by atoms with Crippen LogP contribution in [0.4, 0.5) is 10.5 Å². The van der Waals surface area contributed by atoms with Crippen molar-refractivity contribution >= 4 is 22.7 Å². The van der Waals surface area contributed by atoms with Crippen molar-refractivity contribution < 1.29 is 13.9 Å². The minimum absolute atomic E-state index is 0.00835. The molecule has 2 N–H and O–H groups in total. The van der Waals surface area contributed by atoms with E-state index in [0.29, 0.717) is 11.2 Å². The fraction of sp³-hybridized carbons (Fsp3) is 0.385. The Kier molecular flexibility index (Phi) is 5.60. The molecule has 2 amide bonds. The van der Waals surface area contributed by atoms with E-state index in [-0.39, 0.29) is 5.60 Å². The monoisotopic (exact) mass is 431 g/mol. The number of para-hydroxylation sites is 1. The number of fused-ring (bicyclic) bond motifs is 2. The maximum Gasteiger partial charge on any atom is 0.339 e. The Balaban J connectivity index is 1.43. The minimum Gasteiger partial charge on any atom is -0.487 e. The normalized spacial score (nSPS) is 17.6. The maximum atomic E-state index is 12.2. The molecule has 3 aromatic rings. The molecule has 1 spiro atoms. The number of urea groups is 1. The quantitative estimate of drug-likeness (QED) is 0.525. The van der Waals surface area contributed by atoms with Crippen molar-refractivity contribution in [2.24, 2.45) is 5.10 Å². The van der Waals surface area contributed by atoms with Crippen LogP contribution in [0.15, 0.2) is 58.0 Å².